The summed E-state index contributed by atoms with van der Waals surface area (Å²) in [6.45, 7) is 0. The fourth-order valence-electron chi connectivity index (χ4n) is 2.04. The predicted octanol–water partition coefficient (Wildman–Crippen LogP) is 3.31. The second kappa shape index (κ2) is 4.03. The Bertz CT molecular complexity index is 863. The number of H-pyrrole nitrogens is 1. The Labute approximate surface area is 112 Å². The largest absolute Gasteiger partial charge is 0.340 e. The Hall–Kier alpha value is -2.47. The monoisotopic (exact) mass is 267 g/mol. The minimum atomic E-state index is 0.824. The molecule has 3 heterocycles. The molecule has 0 aliphatic heterocycles. The lowest BCUT2D eigenvalue weighted by atomic mass is 10.2. The summed E-state index contributed by atoms with van der Waals surface area (Å²) in [5.74, 6) is 0.824. The lowest BCUT2D eigenvalue weighted by Crippen LogP contribution is -1.94. The Morgan fingerprint density at radius 1 is 1.16 bits per heavy atom. The van der Waals surface area contributed by atoms with Crippen molar-refractivity contribution >= 4 is 44.0 Å². The van der Waals surface area contributed by atoms with E-state index in [0.717, 1.165) is 32.6 Å². The summed E-state index contributed by atoms with van der Waals surface area (Å²) >= 11 is 1.61. The van der Waals surface area contributed by atoms with Crippen LogP contribution in [0, 0.1) is 0 Å². The van der Waals surface area contributed by atoms with Gasteiger partial charge in [-0.1, -0.05) is 0 Å². The van der Waals surface area contributed by atoms with Gasteiger partial charge in [0.25, 0.3) is 0 Å². The fourth-order valence-corrected chi connectivity index (χ4v) is 2.77. The van der Waals surface area contributed by atoms with Crippen molar-refractivity contribution in [1.29, 1.82) is 0 Å². The summed E-state index contributed by atoms with van der Waals surface area (Å²) < 4.78 is 0. The Morgan fingerprint density at radius 3 is 3.16 bits per heavy atom. The van der Waals surface area contributed by atoms with Gasteiger partial charge in [0.05, 0.1) is 17.1 Å². The Morgan fingerprint density at radius 2 is 2.16 bits per heavy atom. The normalized spacial score (nSPS) is 11.2. The highest BCUT2D eigenvalue weighted by Gasteiger charge is 2.05. The maximum absolute atomic E-state index is 4.30. The Kier molecular flexibility index (Phi) is 2.22. The van der Waals surface area contributed by atoms with E-state index in [0.29, 0.717) is 0 Å². The van der Waals surface area contributed by atoms with Gasteiger partial charge in [-0.25, -0.2) is 9.97 Å². The molecule has 0 amide bonds. The van der Waals surface area contributed by atoms with Gasteiger partial charge in [-0.3, -0.25) is 5.10 Å². The average Bonchev–Trinajstić information content (AvgIpc) is 3.06. The number of nitrogens with one attached hydrogen (secondary N) is 2. The van der Waals surface area contributed by atoms with Crippen molar-refractivity contribution in [3.63, 3.8) is 0 Å². The second-order valence-electron chi connectivity index (χ2n) is 4.16. The minimum Gasteiger partial charge on any atom is -0.340 e. The van der Waals surface area contributed by atoms with Gasteiger partial charge in [0.2, 0.25) is 0 Å². The molecule has 0 saturated carbocycles. The SMILES string of the molecule is c1nc(Nc2ccc3cn[nH]c3c2)c2ccsc2n1. The number of fused-ring (bicyclic) bond motifs is 2. The molecule has 3 aromatic heterocycles. The summed E-state index contributed by atoms with van der Waals surface area (Å²) in [6.07, 6.45) is 3.39. The van der Waals surface area contributed by atoms with E-state index in [-0.39, 0.29) is 0 Å². The van der Waals surface area contributed by atoms with Gasteiger partial charge in [-0.15, -0.1) is 11.3 Å². The van der Waals surface area contributed by atoms with E-state index >= 15 is 0 Å². The molecule has 4 rings (SSSR count). The summed E-state index contributed by atoms with van der Waals surface area (Å²) in [4.78, 5) is 9.52. The third-order valence-electron chi connectivity index (χ3n) is 2.97. The van der Waals surface area contributed by atoms with Gasteiger partial charge in [0.15, 0.2) is 0 Å². The molecule has 6 heteroatoms. The number of thiophene rings is 1. The van der Waals surface area contributed by atoms with Crippen molar-refractivity contribution in [2.24, 2.45) is 0 Å². The molecule has 0 atom stereocenters. The van der Waals surface area contributed by atoms with Crippen molar-refractivity contribution in [2.45, 2.75) is 0 Å². The van der Waals surface area contributed by atoms with Crippen LogP contribution in [0.2, 0.25) is 0 Å². The third-order valence-corrected chi connectivity index (χ3v) is 3.79. The zero-order chi connectivity index (χ0) is 12.7. The lowest BCUT2D eigenvalue weighted by molar-refractivity contribution is 1.12. The van der Waals surface area contributed by atoms with Crippen LogP contribution in [-0.4, -0.2) is 20.2 Å². The first kappa shape index (κ1) is 10.5. The van der Waals surface area contributed by atoms with Crippen LogP contribution < -0.4 is 5.32 Å². The number of nitrogens with zero attached hydrogens (tertiary/aromatic N) is 3. The molecule has 1 aromatic carbocycles. The number of hydrogen-bond donors (Lipinski definition) is 2. The van der Waals surface area contributed by atoms with Crippen molar-refractivity contribution in [3.05, 3.63) is 42.2 Å². The molecule has 0 aliphatic carbocycles. The molecule has 92 valence electrons. The molecule has 0 bridgehead atoms. The van der Waals surface area contributed by atoms with E-state index in [2.05, 4.69) is 25.5 Å². The molecule has 0 aliphatic rings. The van der Waals surface area contributed by atoms with Crippen molar-refractivity contribution in [2.75, 3.05) is 5.32 Å². The lowest BCUT2D eigenvalue weighted by Gasteiger charge is -2.06. The van der Waals surface area contributed by atoms with Crippen LogP contribution in [0.5, 0.6) is 0 Å². The highest BCUT2D eigenvalue weighted by Crippen LogP contribution is 2.27. The van der Waals surface area contributed by atoms with Crippen molar-refractivity contribution in [1.82, 2.24) is 20.2 Å². The maximum Gasteiger partial charge on any atom is 0.142 e. The average molecular weight is 267 g/mol. The van der Waals surface area contributed by atoms with Crippen LogP contribution in [0.3, 0.4) is 0 Å². The summed E-state index contributed by atoms with van der Waals surface area (Å²) in [5.41, 5.74) is 1.98. The predicted molar refractivity (Wildman–Crippen MR) is 76.8 cm³/mol. The highest BCUT2D eigenvalue weighted by atomic mass is 32.1. The second-order valence-corrected chi connectivity index (χ2v) is 5.05. The smallest absolute Gasteiger partial charge is 0.142 e. The molecule has 0 saturated heterocycles. The zero-order valence-electron chi connectivity index (χ0n) is 9.79. The third kappa shape index (κ3) is 1.73. The van der Waals surface area contributed by atoms with E-state index in [1.807, 2.05) is 29.6 Å². The molecule has 5 nitrogen and oxygen atoms in total. The van der Waals surface area contributed by atoms with E-state index in [4.69, 9.17) is 0 Å². The van der Waals surface area contributed by atoms with E-state index in [1.54, 1.807) is 23.9 Å². The first-order valence-electron chi connectivity index (χ1n) is 5.78. The van der Waals surface area contributed by atoms with Crippen LogP contribution in [0.15, 0.2) is 42.2 Å². The van der Waals surface area contributed by atoms with E-state index < -0.39 is 0 Å². The molecule has 0 radical (unpaired) electrons. The van der Waals surface area contributed by atoms with E-state index in [9.17, 15) is 0 Å². The van der Waals surface area contributed by atoms with Gasteiger partial charge in [-0.2, -0.15) is 5.10 Å². The van der Waals surface area contributed by atoms with Crippen LogP contribution in [0.25, 0.3) is 21.1 Å². The van der Waals surface area contributed by atoms with Crippen LogP contribution in [0.4, 0.5) is 11.5 Å². The summed E-state index contributed by atoms with van der Waals surface area (Å²) in [6, 6.07) is 8.07. The van der Waals surface area contributed by atoms with Crippen LogP contribution >= 0.6 is 11.3 Å². The molecular formula is C13H9N5S. The van der Waals surface area contributed by atoms with Gasteiger partial charge in [0, 0.05) is 11.1 Å². The molecule has 19 heavy (non-hydrogen) atoms. The fraction of sp³-hybridized carbons (Fsp3) is 0. The number of rotatable bonds is 2. The number of anilines is 2. The molecule has 4 aromatic rings. The van der Waals surface area contributed by atoms with Crippen LogP contribution in [-0.2, 0) is 0 Å². The van der Waals surface area contributed by atoms with Gasteiger partial charge < -0.3 is 5.32 Å². The maximum atomic E-state index is 4.30. The van der Waals surface area contributed by atoms with Crippen molar-refractivity contribution < 1.29 is 0 Å². The summed E-state index contributed by atoms with van der Waals surface area (Å²) in [5, 5.41) is 14.4. The number of aromatic amines is 1. The van der Waals surface area contributed by atoms with Gasteiger partial charge >= 0.3 is 0 Å². The number of benzene rings is 1. The zero-order valence-corrected chi connectivity index (χ0v) is 10.6. The van der Waals surface area contributed by atoms with Gasteiger partial charge in [-0.05, 0) is 29.6 Å². The topological polar surface area (TPSA) is 66.5 Å². The van der Waals surface area contributed by atoms with E-state index in [1.165, 1.54) is 0 Å². The molecule has 2 N–H and O–H groups in total. The highest BCUT2D eigenvalue weighted by molar-refractivity contribution is 7.16. The first-order valence-corrected chi connectivity index (χ1v) is 6.66. The minimum absolute atomic E-state index is 0.824. The number of hydrogen-bond acceptors (Lipinski definition) is 5. The van der Waals surface area contributed by atoms with Crippen molar-refractivity contribution in [3.8, 4) is 0 Å². The molecular weight excluding hydrogens is 258 g/mol. The molecule has 0 unspecified atom stereocenters. The number of aromatic nitrogens is 4. The molecule has 0 spiro atoms. The standard InChI is InChI=1S/C13H9N5S/c1-2-9(5-11-8(1)6-16-18-11)17-12-10-3-4-19-13(10)15-7-14-12/h1-7H,(H,16,18)(H,14,15,17). The summed E-state index contributed by atoms with van der Waals surface area (Å²) in [7, 11) is 0. The first-order chi connectivity index (χ1) is 9.40. The van der Waals surface area contributed by atoms with Gasteiger partial charge in [0.1, 0.15) is 17.0 Å². The Balaban J connectivity index is 1.79. The quantitative estimate of drug-likeness (QED) is 0.584. The van der Waals surface area contributed by atoms with Crippen LogP contribution in [0.1, 0.15) is 0 Å². The molecule has 0 fully saturated rings.